The molecule has 0 saturated heterocycles. The summed E-state index contributed by atoms with van der Waals surface area (Å²) in [4.78, 5) is 0. The van der Waals surface area contributed by atoms with E-state index in [1.807, 2.05) is 0 Å². The number of hydrogen-bond donors (Lipinski definition) is 1. The molecule has 2 unspecified atom stereocenters. The number of likely N-dealkylation sites (N-methyl/N-ethyl adjacent to an activating group) is 1. The van der Waals surface area contributed by atoms with Crippen molar-refractivity contribution in [2.24, 2.45) is 5.92 Å². The van der Waals surface area contributed by atoms with Crippen LogP contribution >= 0.6 is 0 Å². The number of nitrogens with one attached hydrogen (secondary N) is 1. The van der Waals surface area contributed by atoms with Gasteiger partial charge in [0.25, 0.3) is 0 Å². The average molecular weight is 229 g/mol. The SMILES string of the molecule is CCOC(C)(CC)C(CC(CC)CC)NC. The Morgan fingerprint density at radius 2 is 1.69 bits per heavy atom. The summed E-state index contributed by atoms with van der Waals surface area (Å²) in [6.45, 7) is 11.9. The largest absolute Gasteiger partial charge is 0.374 e. The smallest absolute Gasteiger partial charge is 0.0803 e. The Hall–Kier alpha value is -0.0800. The number of ether oxygens (including phenoxy) is 1. The Bertz CT molecular complexity index is 168. The van der Waals surface area contributed by atoms with Gasteiger partial charge in [0.1, 0.15) is 0 Å². The van der Waals surface area contributed by atoms with Crippen molar-refractivity contribution in [2.75, 3.05) is 13.7 Å². The Balaban J connectivity index is 4.54. The molecule has 0 amide bonds. The van der Waals surface area contributed by atoms with E-state index in [9.17, 15) is 0 Å². The monoisotopic (exact) mass is 229 g/mol. The Morgan fingerprint density at radius 1 is 1.12 bits per heavy atom. The highest BCUT2D eigenvalue weighted by Gasteiger charge is 2.33. The maximum absolute atomic E-state index is 5.96. The first kappa shape index (κ1) is 15.9. The van der Waals surface area contributed by atoms with E-state index in [1.165, 1.54) is 19.3 Å². The number of rotatable bonds is 9. The lowest BCUT2D eigenvalue weighted by molar-refractivity contribution is -0.0588. The second-order valence-corrected chi connectivity index (χ2v) is 4.86. The van der Waals surface area contributed by atoms with Crippen molar-refractivity contribution in [3.63, 3.8) is 0 Å². The molecule has 0 aliphatic carbocycles. The van der Waals surface area contributed by atoms with Crippen LogP contribution in [0.1, 0.15) is 60.3 Å². The molecule has 1 N–H and O–H groups in total. The fourth-order valence-electron chi connectivity index (χ4n) is 2.41. The van der Waals surface area contributed by atoms with Crippen molar-refractivity contribution in [1.82, 2.24) is 5.32 Å². The van der Waals surface area contributed by atoms with Crippen LogP contribution in [0, 0.1) is 5.92 Å². The lowest BCUT2D eigenvalue weighted by atomic mass is 9.84. The summed E-state index contributed by atoms with van der Waals surface area (Å²) in [6.07, 6.45) is 4.81. The lowest BCUT2D eigenvalue weighted by Crippen LogP contribution is -2.50. The van der Waals surface area contributed by atoms with Gasteiger partial charge in [-0.1, -0.05) is 33.6 Å². The molecule has 0 fully saturated rings. The van der Waals surface area contributed by atoms with Crippen LogP contribution in [0.2, 0.25) is 0 Å². The van der Waals surface area contributed by atoms with E-state index in [-0.39, 0.29) is 5.60 Å². The second kappa shape index (κ2) is 8.08. The van der Waals surface area contributed by atoms with Gasteiger partial charge in [0.05, 0.1) is 5.60 Å². The zero-order valence-electron chi connectivity index (χ0n) is 12.1. The fourth-order valence-corrected chi connectivity index (χ4v) is 2.41. The van der Waals surface area contributed by atoms with Crippen LogP contribution < -0.4 is 5.32 Å². The third-order valence-corrected chi connectivity index (χ3v) is 3.99. The highest BCUT2D eigenvalue weighted by molar-refractivity contribution is 4.89. The van der Waals surface area contributed by atoms with Gasteiger partial charge in [0.2, 0.25) is 0 Å². The zero-order chi connectivity index (χ0) is 12.6. The van der Waals surface area contributed by atoms with Gasteiger partial charge in [0.15, 0.2) is 0 Å². The van der Waals surface area contributed by atoms with E-state index in [0.29, 0.717) is 6.04 Å². The first-order chi connectivity index (χ1) is 7.57. The maximum Gasteiger partial charge on any atom is 0.0803 e. The molecule has 16 heavy (non-hydrogen) atoms. The quantitative estimate of drug-likeness (QED) is 0.652. The Morgan fingerprint density at radius 3 is 2.00 bits per heavy atom. The Labute approximate surface area is 102 Å². The molecule has 0 bridgehead atoms. The minimum absolute atomic E-state index is 0.0217. The molecule has 0 saturated carbocycles. The normalized spacial score (nSPS) is 17.4. The minimum atomic E-state index is -0.0217. The molecule has 0 rings (SSSR count). The Kier molecular flexibility index (Phi) is 8.04. The molecule has 2 heteroatoms. The fraction of sp³-hybridized carbons (Fsp3) is 1.00. The molecule has 2 nitrogen and oxygen atoms in total. The van der Waals surface area contributed by atoms with E-state index in [1.54, 1.807) is 0 Å². The zero-order valence-corrected chi connectivity index (χ0v) is 12.1. The van der Waals surface area contributed by atoms with Crippen LogP contribution in [-0.4, -0.2) is 25.3 Å². The summed E-state index contributed by atoms with van der Waals surface area (Å²) >= 11 is 0. The van der Waals surface area contributed by atoms with E-state index in [4.69, 9.17) is 4.74 Å². The standard InChI is InChI=1S/C14H31NO/c1-7-12(8-2)11-13(15-6)14(5,9-3)16-10-4/h12-13,15H,7-11H2,1-6H3. The molecular formula is C14H31NO. The molecule has 0 aliphatic heterocycles. The summed E-state index contributed by atoms with van der Waals surface area (Å²) < 4.78 is 5.96. The van der Waals surface area contributed by atoms with Crippen LogP contribution in [0.15, 0.2) is 0 Å². The molecule has 0 aliphatic rings. The van der Waals surface area contributed by atoms with Crippen molar-refractivity contribution in [3.05, 3.63) is 0 Å². The summed E-state index contributed by atoms with van der Waals surface area (Å²) in [5.74, 6) is 0.809. The molecule has 0 heterocycles. The van der Waals surface area contributed by atoms with Gasteiger partial charge in [-0.15, -0.1) is 0 Å². The average Bonchev–Trinajstić information content (AvgIpc) is 2.31. The van der Waals surface area contributed by atoms with Crippen LogP contribution in [0.5, 0.6) is 0 Å². The summed E-state index contributed by atoms with van der Waals surface area (Å²) in [7, 11) is 2.06. The highest BCUT2D eigenvalue weighted by Crippen LogP contribution is 2.27. The van der Waals surface area contributed by atoms with E-state index in [2.05, 4.69) is 47.0 Å². The minimum Gasteiger partial charge on any atom is -0.374 e. The van der Waals surface area contributed by atoms with Crippen molar-refractivity contribution < 1.29 is 4.74 Å². The van der Waals surface area contributed by atoms with E-state index < -0.39 is 0 Å². The molecular weight excluding hydrogens is 198 g/mol. The highest BCUT2D eigenvalue weighted by atomic mass is 16.5. The van der Waals surface area contributed by atoms with Gasteiger partial charge < -0.3 is 10.1 Å². The molecule has 0 spiro atoms. The third-order valence-electron chi connectivity index (χ3n) is 3.99. The molecule has 2 atom stereocenters. The van der Waals surface area contributed by atoms with Crippen LogP contribution in [0.4, 0.5) is 0 Å². The lowest BCUT2D eigenvalue weighted by Gasteiger charge is -2.38. The van der Waals surface area contributed by atoms with Gasteiger partial charge in [-0.3, -0.25) is 0 Å². The van der Waals surface area contributed by atoms with Gasteiger partial charge in [0, 0.05) is 12.6 Å². The maximum atomic E-state index is 5.96. The van der Waals surface area contributed by atoms with E-state index >= 15 is 0 Å². The van der Waals surface area contributed by atoms with Crippen LogP contribution in [0.3, 0.4) is 0 Å². The van der Waals surface area contributed by atoms with Gasteiger partial charge >= 0.3 is 0 Å². The van der Waals surface area contributed by atoms with E-state index in [0.717, 1.165) is 18.9 Å². The first-order valence-corrected chi connectivity index (χ1v) is 6.89. The van der Waals surface area contributed by atoms with Gasteiger partial charge in [-0.2, -0.15) is 0 Å². The van der Waals surface area contributed by atoms with Crippen molar-refractivity contribution >= 4 is 0 Å². The predicted octanol–water partition coefficient (Wildman–Crippen LogP) is 3.61. The van der Waals surface area contributed by atoms with Crippen molar-refractivity contribution in [1.29, 1.82) is 0 Å². The molecule has 0 aromatic rings. The van der Waals surface area contributed by atoms with Crippen LogP contribution in [0.25, 0.3) is 0 Å². The number of hydrogen-bond acceptors (Lipinski definition) is 2. The predicted molar refractivity (Wildman–Crippen MR) is 71.9 cm³/mol. The van der Waals surface area contributed by atoms with Crippen LogP contribution in [-0.2, 0) is 4.74 Å². The topological polar surface area (TPSA) is 21.3 Å². The summed E-state index contributed by atoms with van der Waals surface area (Å²) in [5.41, 5.74) is -0.0217. The molecule has 0 radical (unpaired) electrons. The summed E-state index contributed by atoms with van der Waals surface area (Å²) in [5, 5.41) is 3.45. The van der Waals surface area contributed by atoms with Crippen molar-refractivity contribution in [3.8, 4) is 0 Å². The van der Waals surface area contributed by atoms with Crippen molar-refractivity contribution in [2.45, 2.75) is 71.9 Å². The first-order valence-electron chi connectivity index (χ1n) is 6.89. The van der Waals surface area contributed by atoms with Gasteiger partial charge in [-0.05, 0) is 39.7 Å². The second-order valence-electron chi connectivity index (χ2n) is 4.86. The molecule has 0 aromatic carbocycles. The molecule has 0 aromatic heterocycles. The molecule has 98 valence electrons. The third kappa shape index (κ3) is 4.42. The van der Waals surface area contributed by atoms with Gasteiger partial charge in [-0.25, -0.2) is 0 Å². The summed E-state index contributed by atoms with van der Waals surface area (Å²) in [6, 6.07) is 0.461.